The highest BCUT2D eigenvalue weighted by Crippen LogP contribution is 2.60. The number of fused-ring (bicyclic) bond motifs is 1. The molecule has 3 saturated carbocycles. The van der Waals surface area contributed by atoms with Gasteiger partial charge in [0.15, 0.2) is 16.6 Å². The second-order valence-corrected chi connectivity index (χ2v) is 25.1. The van der Waals surface area contributed by atoms with Crippen molar-refractivity contribution in [3.8, 4) is 0 Å². The van der Waals surface area contributed by atoms with Crippen molar-refractivity contribution in [1.29, 1.82) is 0 Å². The molecule has 7 atom stereocenters. The molecular weight excluding hydrogens is 513 g/mol. The summed E-state index contributed by atoms with van der Waals surface area (Å²) in [5.74, 6) is 2.53. The monoisotopic (exact) mass is 574 g/mol. The molecule has 0 radical (unpaired) electrons. The molecule has 0 aromatic carbocycles. The largest absolute Gasteiger partial charge is 0.414 e. The van der Waals surface area contributed by atoms with Gasteiger partial charge in [-0.1, -0.05) is 57.9 Å². The van der Waals surface area contributed by atoms with Crippen molar-refractivity contribution < 1.29 is 14.0 Å². The van der Waals surface area contributed by atoms with Crippen LogP contribution in [0.2, 0.25) is 39.3 Å². The van der Waals surface area contributed by atoms with E-state index in [-0.39, 0.29) is 12.2 Å². The molecule has 0 spiro atoms. The Balaban J connectivity index is 1.81. The molecule has 3 nitrogen and oxygen atoms in total. The summed E-state index contributed by atoms with van der Waals surface area (Å²) in [4.78, 5) is 0. The minimum atomic E-state index is -1.73. The zero-order chi connectivity index (χ0) is 29.4. The molecule has 1 unspecified atom stereocenters. The third-order valence-electron chi connectivity index (χ3n) is 9.90. The van der Waals surface area contributed by atoms with Gasteiger partial charge < -0.3 is 14.0 Å². The SMILES string of the molecule is C=C1/C(=C\C=C2CCC[C@@]3(C)C2CC[C@@H]3[C@@H](C)CCCC(C)(C)O)C[C@@H](O[Si](C)(C)C)[C@@H](C)[C@@H]1O[Si](C)(C)C. The number of rotatable bonds is 10. The van der Waals surface area contributed by atoms with Gasteiger partial charge in [0.05, 0.1) is 17.8 Å². The number of hydrogen-bond acceptors (Lipinski definition) is 3. The van der Waals surface area contributed by atoms with Gasteiger partial charge in [0.1, 0.15) is 0 Å². The van der Waals surface area contributed by atoms with E-state index < -0.39 is 22.2 Å². The minimum Gasteiger partial charge on any atom is -0.414 e. The molecule has 0 saturated heterocycles. The molecule has 3 aliphatic rings. The topological polar surface area (TPSA) is 38.7 Å². The number of aliphatic hydroxyl groups is 1. The first-order valence-electron chi connectivity index (χ1n) is 16.0. The molecule has 1 N–H and O–H groups in total. The third-order valence-corrected chi connectivity index (χ3v) is 11.9. The van der Waals surface area contributed by atoms with E-state index in [9.17, 15) is 5.11 Å². The first-order valence-corrected chi connectivity index (χ1v) is 22.8. The average Bonchev–Trinajstić information content (AvgIpc) is 3.13. The molecule has 39 heavy (non-hydrogen) atoms. The van der Waals surface area contributed by atoms with Crippen molar-refractivity contribution in [1.82, 2.24) is 0 Å². The van der Waals surface area contributed by atoms with Crippen molar-refractivity contribution in [2.75, 3.05) is 0 Å². The lowest BCUT2D eigenvalue weighted by Crippen LogP contribution is -2.47. The van der Waals surface area contributed by atoms with Crippen LogP contribution in [0.5, 0.6) is 0 Å². The summed E-state index contributed by atoms with van der Waals surface area (Å²) in [6.07, 6.45) is 15.9. The maximum atomic E-state index is 10.2. The van der Waals surface area contributed by atoms with Gasteiger partial charge in [-0.3, -0.25) is 0 Å². The zero-order valence-electron chi connectivity index (χ0n) is 27.5. The quantitative estimate of drug-likeness (QED) is 0.264. The summed E-state index contributed by atoms with van der Waals surface area (Å²) in [5, 5.41) is 10.2. The Hall–Kier alpha value is -0.466. The summed E-state index contributed by atoms with van der Waals surface area (Å²) in [5.41, 5.74) is 4.05. The van der Waals surface area contributed by atoms with E-state index in [1.54, 1.807) is 5.57 Å². The van der Waals surface area contributed by atoms with E-state index in [1.807, 2.05) is 13.8 Å². The molecule has 3 fully saturated rings. The van der Waals surface area contributed by atoms with E-state index in [2.05, 4.69) is 78.8 Å². The van der Waals surface area contributed by atoms with Crippen LogP contribution in [0.3, 0.4) is 0 Å². The van der Waals surface area contributed by atoms with Gasteiger partial charge in [0.2, 0.25) is 0 Å². The molecule has 0 bridgehead atoms. The second kappa shape index (κ2) is 12.4. The maximum Gasteiger partial charge on any atom is 0.184 e. The van der Waals surface area contributed by atoms with E-state index in [0.29, 0.717) is 17.3 Å². The molecule has 0 amide bonds. The van der Waals surface area contributed by atoms with Crippen molar-refractivity contribution in [2.24, 2.45) is 29.1 Å². The fourth-order valence-electron chi connectivity index (χ4n) is 8.05. The van der Waals surface area contributed by atoms with Crippen LogP contribution in [-0.2, 0) is 8.85 Å². The smallest absolute Gasteiger partial charge is 0.184 e. The summed E-state index contributed by atoms with van der Waals surface area (Å²) >= 11 is 0. The molecule has 3 aliphatic carbocycles. The molecule has 0 aliphatic heterocycles. The van der Waals surface area contributed by atoms with Crippen LogP contribution in [0.4, 0.5) is 0 Å². The van der Waals surface area contributed by atoms with Gasteiger partial charge in [-0.2, -0.15) is 0 Å². The van der Waals surface area contributed by atoms with E-state index in [1.165, 1.54) is 49.7 Å². The summed E-state index contributed by atoms with van der Waals surface area (Å²) in [6.45, 7) is 29.6. The first kappa shape index (κ1) is 33.0. The van der Waals surface area contributed by atoms with Crippen molar-refractivity contribution in [2.45, 2.75) is 149 Å². The van der Waals surface area contributed by atoms with E-state index in [0.717, 1.165) is 31.1 Å². The lowest BCUT2D eigenvalue weighted by molar-refractivity contribution is 0.0478. The van der Waals surface area contributed by atoms with Gasteiger partial charge in [0, 0.05) is 5.92 Å². The Morgan fingerprint density at radius 2 is 1.72 bits per heavy atom. The predicted molar refractivity (Wildman–Crippen MR) is 173 cm³/mol. The summed E-state index contributed by atoms with van der Waals surface area (Å²) in [7, 11) is -3.41. The molecule has 5 heteroatoms. The van der Waals surface area contributed by atoms with Crippen LogP contribution in [-0.4, -0.2) is 39.6 Å². The van der Waals surface area contributed by atoms with Gasteiger partial charge in [-0.25, -0.2) is 0 Å². The highest BCUT2D eigenvalue weighted by atomic mass is 28.4. The molecule has 0 aromatic heterocycles. The van der Waals surface area contributed by atoms with Gasteiger partial charge in [0.25, 0.3) is 0 Å². The fraction of sp³-hybridized carbons (Fsp3) is 0.824. The molecule has 0 aromatic rings. The van der Waals surface area contributed by atoms with Gasteiger partial charge in [-0.15, -0.1) is 0 Å². The van der Waals surface area contributed by atoms with Crippen molar-refractivity contribution >= 4 is 16.6 Å². The normalized spacial score (nSPS) is 35.5. The van der Waals surface area contributed by atoms with Crippen LogP contribution in [0.15, 0.2) is 35.5 Å². The van der Waals surface area contributed by atoms with Crippen molar-refractivity contribution in [3.05, 3.63) is 35.5 Å². The minimum absolute atomic E-state index is 0.0497. The van der Waals surface area contributed by atoms with Gasteiger partial charge in [-0.05, 0) is 132 Å². The standard InChI is InChI=1S/C34H62O3Si2/c1-24(15-13-21-33(4,5)35)29-19-20-30-27(16-14-22-34(29,30)6)17-18-28-23-31(36-38(7,8)9)26(3)32(25(28)2)37-39(10,11)12/h17-18,24,26,29-32,35H,2,13-16,19-23H2,1,3-12H3/b27-17?,28-18-/t24-,26+,29+,30?,31+,32+,34+/m0/s1. The molecule has 0 heterocycles. The van der Waals surface area contributed by atoms with Crippen LogP contribution in [0.25, 0.3) is 0 Å². The maximum absolute atomic E-state index is 10.2. The average molecular weight is 575 g/mol. The summed E-state index contributed by atoms with van der Waals surface area (Å²) in [6, 6.07) is 0. The van der Waals surface area contributed by atoms with E-state index >= 15 is 0 Å². The highest BCUT2D eigenvalue weighted by Gasteiger charge is 2.50. The third kappa shape index (κ3) is 8.76. The zero-order valence-corrected chi connectivity index (χ0v) is 29.5. The van der Waals surface area contributed by atoms with Crippen LogP contribution >= 0.6 is 0 Å². The highest BCUT2D eigenvalue weighted by molar-refractivity contribution is 6.70. The lowest BCUT2D eigenvalue weighted by Gasteiger charge is -2.45. The Kier molecular flexibility index (Phi) is 10.5. The Morgan fingerprint density at radius 3 is 2.31 bits per heavy atom. The number of hydrogen-bond donors (Lipinski definition) is 1. The molecule has 224 valence electrons. The molecule has 3 rings (SSSR count). The first-order chi connectivity index (χ1) is 17.8. The Morgan fingerprint density at radius 1 is 1.08 bits per heavy atom. The Bertz CT molecular complexity index is 916. The summed E-state index contributed by atoms with van der Waals surface area (Å²) < 4.78 is 13.5. The van der Waals surface area contributed by atoms with Crippen LogP contribution < -0.4 is 0 Å². The number of allylic oxidation sites excluding steroid dienone is 3. The molecular formula is C34H62O3Si2. The Labute approximate surface area is 244 Å². The van der Waals surface area contributed by atoms with E-state index in [4.69, 9.17) is 8.85 Å². The second-order valence-electron chi connectivity index (χ2n) is 16.2. The van der Waals surface area contributed by atoms with Crippen LogP contribution in [0, 0.1) is 29.1 Å². The fourth-order valence-corrected chi connectivity index (χ4v) is 10.4. The van der Waals surface area contributed by atoms with Crippen LogP contribution in [0.1, 0.15) is 92.4 Å². The van der Waals surface area contributed by atoms with Crippen molar-refractivity contribution in [3.63, 3.8) is 0 Å². The lowest BCUT2D eigenvalue weighted by atomic mass is 9.60. The predicted octanol–water partition coefficient (Wildman–Crippen LogP) is 9.67. The van der Waals surface area contributed by atoms with Gasteiger partial charge >= 0.3 is 0 Å².